The van der Waals surface area contributed by atoms with Gasteiger partial charge in [-0.25, -0.2) is 0 Å². The van der Waals surface area contributed by atoms with Crippen LogP contribution in [0, 0.1) is 22.5 Å². The Morgan fingerprint density at radius 1 is 1.38 bits per heavy atom. The molecule has 1 N–H and O–H groups in total. The van der Waals surface area contributed by atoms with Gasteiger partial charge in [-0.1, -0.05) is 6.92 Å². The monoisotopic (exact) mass is 285 g/mol. The SMILES string of the molecule is CCC1(CNc2cc(C)nc3ccc([N+](=O)[O-])cc23)CC1. The summed E-state index contributed by atoms with van der Waals surface area (Å²) in [6, 6.07) is 6.80. The lowest BCUT2D eigenvalue weighted by molar-refractivity contribution is -0.384. The Kier molecular flexibility index (Phi) is 3.27. The number of non-ortho nitro benzene ring substituents is 1. The highest BCUT2D eigenvalue weighted by molar-refractivity contribution is 5.93. The van der Waals surface area contributed by atoms with Gasteiger partial charge in [0.05, 0.1) is 10.4 Å². The zero-order valence-corrected chi connectivity index (χ0v) is 12.3. The lowest BCUT2D eigenvalue weighted by Gasteiger charge is -2.16. The van der Waals surface area contributed by atoms with Crippen molar-refractivity contribution < 1.29 is 4.92 Å². The summed E-state index contributed by atoms with van der Waals surface area (Å²) in [5.41, 5.74) is 3.18. The summed E-state index contributed by atoms with van der Waals surface area (Å²) < 4.78 is 0. The largest absolute Gasteiger partial charge is 0.384 e. The molecule has 0 amide bonds. The number of rotatable bonds is 5. The zero-order chi connectivity index (χ0) is 15.0. The molecule has 1 aliphatic carbocycles. The average molecular weight is 285 g/mol. The van der Waals surface area contributed by atoms with Crippen molar-refractivity contribution in [1.29, 1.82) is 0 Å². The predicted octanol–water partition coefficient (Wildman–Crippen LogP) is 4.05. The lowest BCUT2D eigenvalue weighted by Crippen LogP contribution is -2.14. The highest BCUT2D eigenvalue weighted by Crippen LogP contribution is 2.48. The van der Waals surface area contributed by atoms with Gasteiger partial charge in [-0.3, -0.25) is 15.1 Å². The third-order valence-electron chi connectivity index (χ3n) is 4.49. The van der Waals surface area contributed by atoms with E-state index in [4.69, 9.17) is 0 Å². The molecule has 110 valence electrons. The standard InChI is InChI=1S/C16H19N3O2/c1-3-16(6-7-16)10-17-15-8-11(2)18-14-5-4-12(19(20)21)9-13(14)15/h4-5,8-9H,3,6-7,10H2,1-2H3,(H,17,18). The first-order valence-corrected chi connectivity index (χ1v) is 7.33. The van der Waals surface area contributed by atoms with Crippen LogP contribution in [0.3, 0.4) is 0 Å². The number of pyridine rings is 1. The van der Waals surface area contributed by atoms with Gasteiger partial charge in [-0.15, -0.1) is 0 Å². The number of anilines is 1. The van der Waals surface area contributed by atoms with Crippen molar-refractivity contribution in [2.24, 2.45) is 5.41 Å². The average Bonchev–Trinajstić information content (AvgIpc) is 3.24. The van der Waals surface area contributed by atoms with Gasteiger partial charge in [0, 0.05) is 35.4 Å². The molecule has 1 aromatic heterocycles. The predicted molar refractivity (Wildman–Crippen MR) is 83.6 cm³/mol. The van der Waals surface area contributed by atoms with Crippen molar-refractivity contribution in [3.63, 3.8) is 0 Å². The first-order valence-electron chi connectivity index (χ1n) is 7.33. The molecule has 1 heterocycles. The van der Waals surface area contributed by atoms with Crippen LogP contribution in [0.1, 0.15) is 31.9 Å². The maximum Gasteiger partial charge on any atom is 0.270 e. The van der Waals surface area contributed by atoms with Crippen LogP contribution in [0.5, 0.6) is 0 Å². The first kappa shape index (κ1) is 13.8. The van der Waals surface area contributed by atoms with Gasteiger partial charge in [-0.05, 0) is 43.7 Å². The maximum absolute atomic E-state index is 11.0. The van der Waals surface area contributed by atoms with Crippen LogP contribution >= 0.6 is 0 Å². The number of nitrogens with zero attached hydrogens (tertiary/aromatic N) is 2. The Balaban J connectivity index is 1.98. The topological polar surface area (TPSA) is 68.1 Å². The number of hydrogen-bond donors (Lipinski definition) is 1. The van der Waals surface area contributed by atoms with Crippen LogP contribution in [0.15, 0.2) is 24.3 Å². The Bertz CT molecular complexity index is 708. The van der Waals surface area contributed by atoms with Crippen LogP contribution in [-0.4, -0.2) is 16.5 Å². The van der Waals surface area contributed by atoms with E-state index >= 15 is 0 Å². The van der Waals surface area contributed by atoms with Crippen molar-refractivity contribution in [3.8, 4) is 0 Å². The normalized spacial score (nSPS) is 15.9. The summed E-state index contributed by atoms with van der Waals surface area (Å²) >= 11 is 0. The van der Waals surface area contributed by atoms with Gasteiger partial charge in [0.25, 0.3) is 5.69 Å². The van der Waals surface area contributed by atoms with Crippen LogP contribution < -0.4 is 5.32 Å². The number of fused-ring (bicyclic) bond motifs is 1. The molecule has 0 unspecified atom stereocenters. The van der Waals surface area contributed by atoms with Crippen molar-refractivity contribution in [1.82, 2.24) is 4.98 Å². The summed E-state index contributed by atoms with van der Waals surface area (Å²) in [5, 5.41) is 15.3. The maximum atomic E-state index is 11.0. The number of nitrogens with one attached hydrogen (secondary N) is 1. The Morgan fingerprint density at radius 3 is 2.76 bits per heavy atom. The third kappa shape index (κ3) is 2.68. The molecule has 1 fully saturated rings. The van der Waals surface area contributed by atoms with E-state index in [1.807, 2.05) is 13.0 Å². The van der Waals surface area contributed by atoms with Crippen molar-refractivity contribution in [3.05, 3.63) is 40.1 Å². The third-order valence-corrected chi connectivity index (χ3v) is 4.49. The summed E-state index contributed by atoms with van der Waals surface area (Å²) in [7, 11) is 0. The molecule has 2 aromatic rings. The summed E-state index contributed by atoms with van der Waals surface area (Å²) in [5.74, 6) is 0. The van der Waals surface area contributed by atoms with Crippen molar-refractivity contribution >= 4 is 22.3 Å². The van der Waals surface area contributed by atoms with Crippen LogP contribution in [-0.2, 0) is 0 Å². The van der Waals surface area contributed by atoms with Gasteiger partial charge in [0.2, 0.25) is 0 Å². The number of benzene rings is 1. The fourth-order valence-electron chi connectivity index (χ4n) is 2.72. The van der Waals surface area contributed by atoms with E-state index in [1.165, 1.54) is 25.3 Å². The number of nitro groups is 1. The van der Waals surface area contributed by atoms with E-state index in [2.05, 4.69) is 17.2 Å². The first-order chi connectivity index (χ1) is 10.0. The second-order valence-corrected chi connectivity index (χ2v) is 5.98. The fourth-order valence-corrected chi connectivity index (χ4v) is 2.72. The van der Waals surface area contributed by atoms with Gasteiger partial charge >= 0.3 is 0 Å². The fraction of sp³-hybridized carbons (Fsp3) is 0.438. The Hall–Kier alpha value is -2.17. The molecular formula is C16H19N3O2. The van der Waals surface area contributed by atoms with Crippen LogP contribution in [0.2, 0.25) is 0 Å². The second kappa shape index (κ2) is 4.98. The molecule has 3 rings (SSSR count). The number of aromatic nitrogens is 1. The number of hydrogen-bond acceptors (Lipinski definition) is 4. The molecule has 0 spiro atoms. The number of aryl methyl sites for hydroxylation is 1. The Morgan fingerprint density at radius 2 is 2.14 bits per heavy atom. The minimum absolute atomic E-state index is 0.104. The smallest absolute Gasteiger partial charge is 0.270 e. The molecule has 0 atom stereocenters. The molecule has 5 nitrogen and oxygen atoms in total. The highest BCUT2D eigenvalue weighted by atomic mass is 16.6. The summed E-state index contributed by atoms with van der Waals surface area (Å²) in [4.78, 5) is 15.1. The molecule has 1 aliphatic rings. The Labute approximate surface area is 123 Å². The van der Waals surface area contributed by atoms with Gasteiger partial charge in [0.15, 0.2) is 0 Å². The van der Waals surface area contributed by atoms with E-state index in [0.29, 0.717) is 5.41 Å². The van der Waals surface area contributed by atoms with E-state index in [1.54, 1.807) is 12.1 Å². The molecule has 0 saturated heterocycles. The van der Waals surface area contributed by atoms with E-state index < -0.39 is 0 Å². The highest BCUT2D eigenvalue weighted by Gasteiger charge is 2.40. The minimum atomic E-state index is -0.364. The molecule has 1 saturated carbocycles. The van der Waals surface area contributed by atoms with E-state index in [0.717, 1.165) is 28.8 Å². The summed E-state index contributed by atoms with van der Waals surface area (Å²) in [6.07, 6.45) is 3.69. The quantitative estimate of drug-likeness (QED) is 0.664. The summed E-state index contributed by atoms with van der Waals surface area (Å²) in [6.45, 7) is 5.08. The minimum Gasteiger partial charge on any atom is -0.384 e. The van der Waals surface area contributed by atoms with Gasteiger partial charge in [-0.2, -0.15) is 0 Å². The van der Waals surface area contributed by atoms with Crippen molar-refractivity contribution in [2.45, 2.75) is 33.1 Å². The molecule has 0 aliphatic heterocycles. The molecule has 21 heavy (non-hydrogen) atoms. The zero-order valence-electron chi connectivity index (χ0n) is 12.3. The van der Waals surface area contributed by atoms with Crippen molar-refractivity contribution in [2.75, 3.05) is 11.9 Å². The van der Waals surface area contributed by atoms with E-state index in [-0.39, 0.29) is 10.6 Å². The van der Waals surface area contributed by atoms with Crippen LogP contribution in [0.4, 0.5) is 11.4 Å². The second-order valence-electron chi connectivity index (χ2n) is 5.98. The molecule has 5 heteroatoms. The molecular weight excluding hydrogens is 266 g/mol. The molecule has 0 bridgehead atoms. The van der Waals surface area contributed by atoms with Crippen LogP contribution in [0.25, 0.3) is 10.9 Å². The lowest BCUT2D eigenvalue weighted by atomic mass is 10.0. The van der Waals surface area contributed by atoms with E-state index in [9.17, 15) is 10.1 Å². The van der Waals surface area contributed by atoms with Gasteiger partial charge < -0.3 is 5.32 Å². The molecule has 0 radical (unpaired) electrons. The molecule has 1 aromatic carbocycles. The van der Waals surface area contributed by atoms with Gasteiger partial charge in [0.1, 0.15) is 0 Å². The number of nitro benzene ring substituents is 1.